The summed E-state index contributed by atoms with van der Waals surface area (Å²) < 4.78 is 16.5. The Morgan fingerprint density at radius 2 is 2.00 bits per heavy atom. The van der Waals surface area contributed by atoms with Crippen molar-refractivity contribution in [2.75, 3.05) is 13.7 Å². The number of aliphatic hydroxyl groups is 1. The van der Waals surface area contributed by atoms with E-state index in [0.29, 0.717) is 42.0 Å². The van der Waals surface area contributed by atoms with E-state index in [-0.39, 0.29) is 12.5 Å². The number of carbonyl (C=O) groups is 2. The van der Waals surface area contributed by atoms with Crippen molar-refractivity contribution < 1.29 is 28.9 Å². The van der Waals surface area contributed by atoms with Crippen LogP contribution in [0.5, 0.6) is 11.5 Å². The molecule has 0 saturated carbocycles. The molecule has 3 atom stereocenters. The molecule has 2 aliphatic rings. The molecule has 2 amide bonds. The number of ether oxygens (including phenoxy) is 3. The number of amides is 2. The summed E-state index contributed by atoms with van der Waals surface area (Å²) in [6.45, 7) is 3.94. The van der Waals surface area contributed by atoms with Crippen LogP contribution < -0.4 is 14.8 Å². The molecule has 2 aromatic rings. The van der Waals surface area contributed by atoms with Gasteiger partial charge >= 0.3 is 6.09 Å². The van der Waals surface area contributed by atoms with Gasteiger partial charge < -0.3 is 24.6 Å². The van der Waals surface area contributed by atoms with Crippen molar-refractivity contribution in [2.24, 2.45) is 0 Å². The van der Waals surface area contributed by atoms with E-state index in [2.05, 4.69) is 11.4 Å². The van der Waals surface area contributed by atoms with Crippen LogP contribution in [-0.4, -0.2) is 53.4 Å². The van der Waals surface area contributed by atoms with E-state index in [1.165, 1.54) is 4.90 Å². The molecule has 0 radical (unpaired) electrons. The zero-order valence-electron chi connectivity index (χ0n) is 20.0. The maximum absolute atomic E-state index is 13.3. The molecule has 35 heavy (non-hydrogen) atoms. The molecule has 2 N–H and O–H groups in total. The van der Waals surface area contributed by atoms with Gasteiger partial charge in [0.2, 0.25) is 5.91 Å². The molecule has 2 aliphatic heterocycles. The van der Waals surface area contributed by atoms with Crippen LogP contribution in [0.2, 0.25) is 0 Å². The highest BCUT2D eigenvalue weighted by Crippen LogP contribution is 2.40. The molecular formula is C26H29N3O6. The van der Waals surface area contributed by atoms with Gasteiger partial charge in [0, 0.05) is 12.1 Å². The van der Waals surface area contributed by atoms with Crippen LogP contribution in [0.15, 0.2) is 42.5 Å². The van der Waals surface area contributed by atoms with Gasteiger partial charge in [-0.1, -0.05) is 12.1 Å². The number of carbonyl (C=O) groups excluding carboxylic acids is 2. The lowest BCUT2D eigenvalue weighted by Gasteiger charge is -2.42. The van der Waals surface area contributed by atoms with Crippen molar-refractivity contribution in [1.82, 2.24) is 10.2 Å². The standard InChI is InChI=1S/C26H29N3O6/c1-26(2)23(30)22(19-13-17(14-27)8-11-21(19)35-26)28-24(31)20-5-4-12-29(20)25(32)34-15-16-6-9-18(33-3)10-7-16/h6-11,13,20,22-23,30H,4-5,12,15H2,1-3H3,(H,28,31)/t20-,22?,23?/m0/s1. The first kappa shape index (κ1) is 24.4. The molecule has 1 fully saturated rings. The Labute approximate surface area is 204 Å². The Bertz CT molecular complexity index is 1140. The highest BCUT2D eigenvalue weighted by atomic mass is 16.6. The predicted octanol–water partition coefficient (Wildman–Crippen LogP) is 3.06. The maximum atomic E-state index is 13.3. The molecule has 2 unspecified atom stereocenters. The Hall–Kier alpha value is -3.77. The van der Waals surface area contributed by atoms with Gasteiger partial charge in [0.1, 0.15) is 35.9 Å². The number of methoxy groups -OCH3 is 1. The van der Waals surface area contributed by atoms with Gasteiger partial charge in [-0.2, -0.15) is 5.26 Å². The summed E-state index contributed by atoms with van der Waals surface area (Å²) in [4.78, 5) is 27.5. The number of benzene rings is 2. The lowest BCUT2D eigenvalue weighted by molar-refractivity contribution is -0.129. The minimum atomic E-state index is -1.07. The minimum absolute atomic E-state index is 0.0743. The van der Waals surface area contributed by atoms with Crippen LogP contribution >= 0.6 is 0 Å². The lowest BCUT2D eigenvalue weighted by Crippen LogP contribution is -2.56. The van der Waals surface area contributed by atoms with Crippen molar-refractivity contribution in [3.63, 3.8) is 0 Å². The Morgan fingerprint density at radius 3 is 2.69 bits per heavy atom. The average molecular weight is 480 g/mol. The SMILES string of the molecule is COc1ccc(COC(=O)N2CCC[C@H]2C(=O)NC2c3cc(C#N)ccc3OC(C)(C)C2O)cc1. The van der Waals surface area contributed by atoms with Gasteiger partial charge in [0.05, 0.1) is 24.8 Å². The largest absolute Gasteiger partial charge is 0.497 e. The highest BCUT2D eigenvalue weighted by Gasteiger charge is 2.45. The Morgan fingerprint density at radius 1 is 1.26 bits per heavy atom. The molecule has 184 valence electrons. The summed E-state index contributed by atoms with van der Waals surface area (Å²) in [6, 6.07) is 12.6. The van der Waals surface area contributed by atoms with Crippen molar-refractivity contribution in [3.05, 3.63) is 59.2 Å². The maximum Gasteiger partial charge on any atom is 0.410 e. The van der Waals surface area contributed by atoms with E-state index in [4.69, 9.17) is 14.2 Å². The number of nitriles is 1. The number of hydrogen-bond acceptors (Lipinski definition) is 7. The Kier molecular flexibility index (Phi) is 6.85. The lowest BCUT2D eigenvalue weighted by atomic mass is 9.85. The summed E-state index contributed by atoms with van der Waals surface area (Å²) in [5, 5.41) is 23.2. The summed E-state index contributed by atoms with van der Waals surface area (Å²) in [6.07, 6.45) is -0.493. The zero-order chi connectivity index (χ0) is 25.2. The van der Waals surface area contributed by atoms with Crippen LogP contribution in [0.1, 0.15) is 49.4 Å². The molecule has 0 aromatic heterocycles. The Balaban J connectivity index is 1.46. The van der Waals surface area contributed by atoms with Gasteiger partial charge in [-0.15, -0.1) is 0 Å². The number of aliphatic hydroxyl groups excluding tert-OH is 1. The van der Waals surface area contributed by atoms with E-state index in [9.17, 15) is 20.0 Å². The molecule has 9 nitrogen and oxygen atoms in total. The van der Waals surface area contributed by atoms with Crippen LogP contribution in [-0.2, 0) is 16.1 Å². The molecule has 9 heteroatoms. The van der Waals surface area contributed by atoms with Gasteiger partial charge in [-0.05, 0) is 62.6 Å². The number of hydrogen-bond donors (Lipinski definition) is 2. The van der Waals surface area contributed by atoms with Crippen LogP contribution in [0.3, 0.4) is 0 Å². The molecule has 0 spiro atoms. The predicted molar refractivity (Wildman–Crippen MR) is 126 cm³/mol. The van der Waals surface area contributed by atoms with Crippen LogP contribution in [0.4, 0.5) is 4.79 Å². The van der Waals surface area contributed by atoms with Gasteiger partial charge in [-0.3, -0.25) is 9.69 Å². The van der Waals surface area contributed by atoms with E-state index in [1.807, 2.05) is 12.1 Å². The zero-order valence-corrected chi connectivity index (χ0v) is 20.0. The smallest absolute Gasteiger partial charge is 0.410 e. The van der Waals surface area contributed by atoms with Crippen molar-refractivity contribution in [2.45, 2.75) is 57.1 Å². The van der Waals surface area contributed by atoms with Gasteiger partial charge in [0.25, 0.3) is 0 Å². The van der Waals surface area contributed by atoms with Crippen LogP contribution in [0.25, 0.3) is 0 Å². The van der Waals surface area contributed by atoms with E-state index < -0.39 is 29.9 Å². The van der Waals surface area contributed by atoms with E-state index >= 15 is 0 Å². The van der Waals surface area contributed by atoms with Gasteiger partial charge in [0.15, 0.2) is 0 Å². The third-order valence-corrected chi connectivity index (χ3v) is 6.48. The first-order chi connectivity index (χ1) is 16.7. The molecule has 0 aliphatic carbocycles. The fourth-order valence-electron chi connectivity index (χ4n) is 4.48. The normalized spacial score (nSPS) is 22.4. The summed E-state index contributed by atoms with van der Waals surface area (Å²) >= 11 is 0. The third kappa shape index (κ3) is 5.03. The third-order valence-electron chi connectivity index (χ3n) is 6.48. The molecule has 0 bridgehead atoms. The molecule has 2 aromatic carbocycles. The second-order valence-electron chi connectivity index (χ2n) is 9.26. The van der Waals surface area contributed by atoms with Crippen molar-refractivity contribution in [1.29, 1.82) is 5.26 Å². The molecule has 4 rings (SSSR count). The number of nitrogens with one attached hydrogen (secondary N) is 1. The first-order valence-corrected chi connectivity index (χ1v) is 11.5. The summed E-state index contributed by atoms with van der Waals surface area (Å²) in [5.74, 6) is 0.809. The quantitative estimate of drug-likeness (QED) is 0.676. The minimum Gasteiger partial charge on any atom is -0.497 e. The van der Waals surface area contributed by atoms with E-state index in [0.717, 1.165) is 5.56 Å². The second-order valence-corrected chi connectivity index (χ2v) is 9.26. The molecular weight excluding hydrogens is 450 g/mol. The molecule has 2 heterocycles. The second kappa shape index (κ2) is 9.84. The molecule has 1 saturated heterocycles. The first-order valence-electron chi connectivity index (χ1n) is 11.5. The van der Waals surface area contributed by atoms with Gasteiger partial charge in [-0.25, -0.2) is 4.79 Å². The number of nitrogens with zero attached hydrogens (tertiary/aromatic N) is 2. The highest BCUT2D eigenvalue weighted by molar-refractivity contribution is 5.86. The fraction of sp³-hybridized carbons (Fsp3) is 0.423. The van der Waals surface area contributed by atoms with E-state index in [1.54, 1.807) is 51.3 Å². The van der Waals surface area contributed by atoms with Crippen molar-refractivity contribution in [3.8, 4) is 17.6 Å². The number of fused-ring (bicyclic) bond motifs is 1. The summed E-state index contributed by atoms with van der Waals surface area (Å²) in [7, 11) is 1.58. The topological polar surface area (TPSA) is 121 Å². The van der Waals surface area contributed by atoms with Crippen molar-refractivity contribution >= 4 is 12.0 Å². The number of likely N-dealkylation sites (tertiary alicyclic amines) is 1. The number of rotatable bonds is 5. The average Bonchev–Trinajstić information content (AvgIpc) is 3.35. The monoisotopic (exact) mass is 479 g/mol. The fourth-order valence-corrected chi connectivity index (χ4v) is 4.48. The summed E-state index contributed by atoms with van der Waals surface area (Å²) in [5.41, 5.74) is 0.752. The van der Waals surface area contributed by atoms with Crippen LogP contribution in [0, 0.1) is 11.3 Å².